The quantitative estimate of drug-likeness (QED) is 0.900. The van der Waals surface area contributed by atoms with Crippen molar-refractivity contribution < 1.29 is 0 Å². The summed E-state index contributed by atoms with van der Waals surface area (Å²) in [5.74, 6) is 0. The van der Waals surface area contributed by atoms with Crippen LogP contribution in [0.5, 0.6) is 0 Å². The molecule has 2 N–H and O–H groups in total. The smallest absolute Gasteiger partial charge is 0.0307 e. The van der Waals surface area contributed by atoms with E-state index in [9.17, 15) is 0 Å². The molecule has 1 aromatic carbocycles. The molecule has 1 aromatic rings. The van der Waals surface area contributed by atoms with Gasteiger partial charge in [-0.1, -0.05) is 29.8 Å². The molecular weight excluding hydrogens is 234 g/mol. The van der Waals surface area contributed by atoms with E-state index in [4.69, 9.17) is 5.73 Å². The number of nitrogens with two attached hydrogens (primary N) is 1. The van der Waals surface area contributed by atoms with Gasteiger partial charge in [0.1, 0.15) is 0 Å². The van der Waals surface area contributed by atoms with Crippen LogP contribution in [0.4, 0.5) is 0 Å². The maximum Gasteiger partial charge on any atom is 0.0307 e. The first-order valence-corrected chi connectivity index (χ1v) is 7.38. The van der Waals surface area contributed by atoms with Crippen molar-refractivity contribution in [3.8, 4) is 0 Å². The van der Waals surface area contributed by atoms with Gasteiger partial charge in [-0.25, -0.2) is 0 Å². The topological polar surface area (TPSA) is 32.5 Å². The zero-order valence-corrected chi connectivity index (χ0v) is 12.3. The molecule has 0 bridgehead atoms. The molecule has 1 atom stereocenters. The first-order valence-electron chi connectivity index (χ1n) is 7.38. The molecule has 2 rings (SSSR count). The van der Waals surface area contributed by atoms with E-state index in [0.717, 1.165) is 13.0 Å². The maximum absolute atomic E-state index is 6.29. The molecule has 0 saturated carbocycles. The largest absolute Gasteiger partial charge is 0.324 e. The average Bonchev–Trinajstić information content (AvgIpc) is 2.61. The van der Waals surface area contributed by atoms with Crippen molar-refractivity contribution in [1.29, 1.82) is 0 Å². The highest BCUT2D eigenvalue weighted by Gasteiger charge is 2.13. The molecule has 1 aliphatic heterocycles. The molecule has 3 heteroatoms. The molecule has 106 valence electrons. The fourth-order valence-corrected chi connectivity index (χ4v) is 2.63. The molecule has 1 aliphatic rings. The molecule has 19 heavy (non-hydrogen) atoms. The van der Waals surface area contributed by atoms with Crippen LogP contribution in [0.25, 0.3) is 0 Å². The van der Waals surface area contributed by atoms with Gasteiger partial charge in [0.2, 0.25) is 0 Å². The van der Waals surface area contributed by atoms with Gasteiger partial charge in [-0.3, -0.25) is 0 Å². The lowest BCUT2D eigenvalue weighted by atomic mass is 10.0. The predicted octanol–water partition coefficient (Wildman–Crippen LogP) is 2.02. The molecular formula is C16H27N3. The van der Waals surface area contributed by atoms with Crippen LogP contribution in [-0.2, 0) is 0 Å². The van der Waals surface area contributed by atoms with Gasteiger partial charge in [-0.05, 0) is 52.0 Å². The van der Waals surface area contributed by atoms with Gasteiger partial charge in [0.25, 0.3) is 0 Å². The summed E-state index contributed by atoms with van der Waals surface area (Å²) in [6.07, 6.45) is 2.32. The predicted molar refractivity (Wildman–Crippen MR) is 81.3 cm³/mol. The number of hydrogen-bond donors (Lipinski definition) is 1. The summed E-state index contributed by atoms with van der Waals surface area (Å²) in [6, 6.07) is 8.79. The lowest BCUT2D eigenvalue weighted by Crippen LogP contribution is -2.31. The summed E-state index contributed by atoms with van der Waals surface area (Å²) < 4.78 is 0. The minimum absolute atomic E-state index is 0.168. The number of hydrogen-bond acceptors (Lipinski definition) is 3. The van der Waals surface area contributed by atoms with E-state index in [1.807, 2.05) is 0 Å². The Bertz CT molecular complexity index is 374. The zero-order valence-electron chi connectivity index (χ0n) is 12.3. The number of nitrogens with zero attached hydrogens (tertiary/aromatic N) is 2. The molecule has 0 radical (unpaired) electrons. The van der Waals surface area contributed by atoms with E-state index in [1.54, 1.807) is 0 Å². The number of aryl methyl sites for hydroxylation is 1. The molecule has 1 unspecified atom stereocenters. The van der Waals surface area contributed by atoms with Crippen LogP contribution >= 0.6 is 0 Å². The van der Waals surface area contributed by atoms with E-state index < -0.39 is 0 Å². The monoisotopic (exact) mass is 261 g/mol. The fourth-order valence-electron chi connectivity index (χ4n) is 2.63. The van der Waals surface area contributed by atoms with Gasteiger partial charge in [0.05, 0.1) is 0 Å². The molecule has 0 spiro atoms. The minimum Gasteiger partial charge on any atom is -0.324 e. The van der Waals surface area contributed by atoms with Crippen molar-refractivity contribution >= 4 is 0 Å². The Labute approximate surface area is 117 Å². The number of rotatable bonds is 4. The average molecular weight is 261 g/mol. The van der Waals surface area contributed by atoms with Gasteiger partial charge in [0.15, 0.2) is 0 Å². The van der Waals surface area contributed by atoms with E-state index in [-0.39, 0.29) is 6.04 Å². The molecule has 0 aliphatic carbocycles. The summed E-state index contributed by atoms with van der Waals surface area (Å²) in [5, 5.41) is 0. The van der Waals surface area contributed by atoms with Gasteiger partial charge in [-0.2, -0.15) is 0 Å². The summed E-state index contributed by atoms with van der Waals surface area (Å²) in [4.78, 5) is 4.97. The van der Waals surface area contributed by atoms with Crippen molar-refractivity contribution in [1.82, 2.24) is 9.80 Å². The van der Waals surface area contributed by atoms with Crippen LogP contribution < -0.4 is 5.73 Å². The second kappa shape index (κ2) is 7.04. The number of likely N-dealkylation sites (N-methyl/N-ethyl adjacent to an activating group) is 1. The maximum atomic E-state index is 6.29. The third kappa shape index (κ3) is 4.60. The van der Waals surface area contributed by atoms with Gasteiger partial charge in [-0.15, -0.1) is 0 Å². The fraction of sp³-hybridized carbons (Fsp3) is 0.625. The van der Waals surface area contributed by atoms with Crippen molar-refractivity contribution in [3.05, 3.63) is 35.4 Å². The highest BCUT2D eigenvalue weighted by atomic mass is 15.2. The summed E-state index contributed by atoms with van der Waals surface area (Å²) in [6.45, 7) is 8.02. The van der Waals surface area contributed by atoms with E-state index in [1.165, 1.54) is 43.7 Å². The van der Waals surface area contributed by atoms with E-state index in [2.05, 4.69) is 48.0 Å². The van der Waals surface area contributed by atoms with Crippen molar-refractivity contribution in [2.24, 2.45) is 5.73 Å². The summed E-state index contributed by atoms with van der Waals surface area (Å²) in [7, 11) is 2.21. The summed E-state index contributed by atoms with van der Waals surface area (Å²) in [5.41, 5.74) is 8.85. The first-order chi connectivity index (χ1) is 9.15. The SMILES string of the molecule is Cc1ccc(C(N)CCN2CCCN(C)CC2)cc1. The Kier molecular flexibility index (Phi) is 5.37. The molecule has 3 nitrogen and oxygen atoms in total. The lowest BCUT2D eigenvalue weighted by Gasteiger charge is -2.22. The standard InChI is InChI=1S/C16H27N3/c1-14-4-6-15(7-5-14)16(17)8-11-19-10-3-9-18(2)12-13-19/h4-7,16H,3,8-13,17H2,1-2H3. The van der Waals surface area contributed by atoms with Crippen LogP contribution in [-0.4, -0.2) is 49.6 Å². The second-order valence-electron chi connectivity index (χ2n) is 5.80. The molecule has 1 saturated heterocycles. The van der Waals surface area contributed by atoms with E-state index >= 15 is 0 Å². The zero-order chi connectivity index (χ0) is 13.7. The van der Waals surface area contributed by atoms with Crippen LogP contribution in [0, 0.1) is 6.92 Å². The van der Waals surface area contributed by atoms with Crippen molar-refractivity contribution in [3.63, 3.8) is 0 Å². The normalized spacial score (nSPS) is 20.2. The Morgan fingerprint density at radius 3 is 2.58 bits per heavy atom. The molecule has 1 heterocycles. The Morgan fingerprint density at radius 2 is 1.84 bits per heavy atom. The third-order valence-corrected chi connectivity index (χ3v) is 4.07. The van der Waals surface area contributed by atoms with Gasteiger partial charge >= 0.3 is 0 Å². The van der Waals surface area contributed by atoms with Crippen LogP contribution in [0.1, 0.15) is 30.0 Å². The Balaban J connectivity index is 1.79. The molecule has 0 amide bonds. The van der Waals surface area contributed by atoms with Gasteiger partial charge < -0.3 is 15.5 Å². The Hall–Kier alpha value is -0.900. The highest BCUT2D eigenvalue weighted by molar-refractivity contribution is 5.23. The van der Waals surface area contributed by atoms with Crippen molar-refractivity contribution in [2.75, 3.05) is 39.8 Å². The number of benzene rings is 1. The lowest BCUT2D eigenvalue weighted by molar-refractivity contribution is 0.267. The Morgan fingerprint density at radius 1 is 1.11 bits per heavy atom. The van der Waals surface area contributed by atoms with Gasteiger partial charge in [0, 0.05) is 19.1 Å². The first kappa shape index (κ1) is 14.5. The second-order valence-corrected chi connectivity index (χ2v) is 5.80. The highest BCUT2D eigenvalue weighted by Crippen LogP contribution is 2.15. The summed E-state index contributed by atoms with van der Waals surface area (Å²) >= 11 is 0. The van der Waals surface area contributed by atoms with Crippen LogP contribution in [0.15, 0.2) is 24.3 Å². The molecule has 1 fully saturated rings. The molecule has 0 aromatic heterocycles. The minimum atomic E-state index is 0.168. The van der Waals surface area contributed by atoms with E-state index in [0.29, 0.717) is 0 Å². The third-order valence-electron chi connectivity index (χ3n) is 4.07. The van der Waals surface area contributed by atoms with Crippen molar-refractivity contribution in [2.45, 2.75) is 25.8 Å². The van der Waals surface area contributed by atoms with Crippen LogP contribution in [0.3, 0.4) is 0 Å². The van der Waals surface area contributed by atoms with Crippen LogP contribution in [0.2, 0.25) is 0 Å².